The Hall–Kier alpha value is -0.640. The third-order valence-electron chi connectivity index (χ3n) is 2.11. The quantitative estimate of drug-likeness (QED) is 0.687. The predicted octanol–water partition coefficient (Wildman–Crippen LogP) is 1.28. The second kappa shape index (κ2) is 4.26. The highest BCUT2D eigenvalue weighted by molar-refractivity contribution is 5.70. The van der Waals surface area contributed by atoms with E-state index in [1.165, 1.54) is 0 Å². The number of hydrogen-bond acceptors (Lipinski definition) is 3. The first-order chi connectivity index (χ1) is 6.38. The van der Waals surface area contributed by atoms with Crippen molar-refractivity contribution < 1.29 is 13.9 Å². The summed E-state index contributed by atoms with van der Waals surface area (Å²) in [5.41, 5.74) is -0.477. The van der Waals surface area contributed by atoms with Crippen LogP contribution in [-0.2, 0) is 9.53 Å². The Labute approximate surface area is 84.0 Å². The number of rotatable bonds is 2. The minimum atomic E-state index is -0.914. The van der Waals surface area contributed by atoms with E-state index in [0.717, 1.165) is 0 Å². The van der Waals surface area contributed by atoms with Crippen LogP contribution in [0, 0.1) is 5.92 Å². The fourth-order valence-electron chi connectivity index (χ4n) is 1.50. The predicted molar refractivity (Wildman–Crippen MR) is 51.7 cm³/mol. The lowest BCUT2D eigenvalue weighted by Crippen LogP contribution is -2.27. The lowest BCUT2D eigenvalue weighted by Gasteiger charge is -2.21. The van der Waals surface area contributed by atoms with Gasteiger partial charge in [0.1, 0.15) is 11.8 Å². The van der Waals surface area contributed by atoms with E-state index in [9.17, 15) is 9.18 Å². The average Bonchev–Trinajstić information content (AvgIpc) is 2.32. The molecule has 0 saturated carbocycles. The fraction of sp³-hybridized carbons (Fsp3) is 0.900. The molecule has 0 aromatic carbocycles. The second-order valence-corrected chi connectivity index (χ2v) is 4.72. The highest BCUT2D eigenvalue weighted by atomic mass is 19.1. The first kappa shape index (κ1) is 11.4. The Balaban J connectivity index is 2.33. The summed E-state index contributed by atoms with van der Waals surface area (Å²) in [6, 6.07) is 0. The van der Waals surface area contributed by atoms with Crippen LogP contribution in [0.1, 0.15) is 27.2 Å². The van der Waals surface area contributed by atoms with Gasteiger partial charge in [0.25, 0.3) is 0 Å². The number of esters is 1. The Morgan fingerprint density at radius 1 is 1.50 bits per heavy atom. The minimum absolute atomic E-state index is 0.172. The van der Waals surface area contributed by atoms with E-state index in [0.29, 0.717) is 13.1 Å². The maximum absolute atomic E-state index is 13.1. The fourth-order valence-corrected chi connectivity index (χ4v) is 1.50. The van der Waals surface area contributed by atoms with Crippen molar-refractivity contribution in [1.82, 2.24) is 5.32 Å². The molecular formula is C10H18FNO2. The van der Waals surface area contributed by atoms with Gasteiger partial charge in [-0.1, -0.05) is 0 Å². The molecule has 0 amide bonds. The van der Waals surface area contributed by atoms with Gasteiger partial charge in [-0.05, 0) is 20.8 Å². The van der Waals surface area contributed by atoms with Crippen LogP contribution in [0.5, 0.6) is 0 Å². The largest absolute Gasteiger partial charge is 0.460 e. The summed E-state index contributed by atoms with van der Waals surface area (Å²) in [7, 11) is 0. The number of alkyl halides is 1. The minimum Gasteiger partial charge on any atom is -0.460 e. The molecule has 82 valence electrons. The van der Waals surface area contributed by atoms with Gasteiger partial charge in [-0.3, -0.25) is 4.79 Å². The van der Waals surface area contributed by atoms with Crippen molar-refractivity contribution in [3.05, 3.63) is 0 Å². The van der Waals surface area contributed by atoms with Crippen LogP contribution in [0.25, 0.3) is 0 Å². The van der Waals surface area contributed by atoms with Gasteiger partial charge in [-0.25, -0.2) is 4.39 Å². The summed E-state index contributed by atoms with van der Waals surface area (Å²) in [6.45, 7) is 6.36. The summed E-state index contributed by atoms with van der Waals surface area (Å²) >= 11 is 0. The third kappa shape index (κ3) is 3.62. The third-order valence-corrected chi connectivity index (χ3v) is 2.11. The molecule has 0 bridgehead atoms. The van der Waals surface area contributed by atoms with Crippen molar-refractivity contribution in [3.8, 4) is 0 Å². The zero-order valence-electron chi connectivity index (χ0n) is 8.97. The highest BCUT2D eigenvalue weighted by Gasteiger charge is 2.30. The van der Waals surface area contributed by atoms with Gasteiger partial charge in [0.2, 0.25) is 0 Å². The zero-order valence-corrected chi connectivity index (χ0v) is 8.97. The van der Waals surface area contributed by atoms with Crippen LogP contribution < -0.4 is 5.32 Å². The Bertz CT molecular complexity index is 213. The molecule has 0 spiro atoms. The molecule has 0 radical (unpaired) electrons. The molecule has 2 atom stereocenters. The van der Waals surface area contributed by atoms with E-state index < -0.39 is 11.8 Å². The first-order valence-electron chi connectivity index (χ1n) is 4.95. The Kier molecular flexibility index (Phi) is 3.48. The van der Waals surface area contributed by atoms with E-state index in [1.54, 1.807) is 0 Å². The topological polar surface area (TPSA) is 38.3 Å². The van der Waals surface area contributed by atoms with Crippen molar-refractivity contribution in [1.29, 1.82) is 0 Å². The molecule has 0 aromatic rings. The number of halogens is 1. The maximum atomic E-state index is 13.1. The zero-order chi connectivity index (χ0) is 10.8. The van der Waals surface area contributed by atoms with E-state index in [1.807, 2.05) is 20.8 Å². The van der Waals surface area contributed by atoms with Crippen molar-refractivity contribution in [2.75, 3.05) is 13.1 Å². The maximum Gasteiger partial charge on any atom is 0.306 e. The summed E-state index contributed by atoms with van der Waals surface area (Å²) in [6.07, 6.45) is -0.742. The van der Waals surface area contributed by atoms with Crippen LogP contribution >= 0.6 is 0 Å². The Morgan fingerprint density at radius 3 is 2.57 bits per heavy atom. The van der Waals surface area contributed by atoms with Gasteiger partial charge in [0.15, 0.2) is 0 Å². The molecule has 1 N–H and O–H groups in total. The molecule has 1 aliphatic rings. The van der Waals surface area contributed by atoms with Crippen LogP contribution in [0.2, 0.25) is 0 Å². The van der Waals surface area contributed by atoms with Crippen molar-refractivity contribution in [2.24, 2.45) is 5.92 Å². The van der Waals surface area contributed by atoms with E-state index in [4.69, 9.17) is 4.74 Å². The lowest BCUT2D eigenvalue weighted by molar-refractivity contribution is -0.156. The van der Waals surface area contributed by atoms with Crippen LogP contribution in [-0.4, -0.2) is 30.8 Å². The van der Waals surface area contributed by atoms with E-state index in [2.05, 4.69) is 5.32 Å². The SMILES string of the molecule is CC(C)(C)OC(=O)C[C@@H]1CNC[C@H]1F. The van der Waals surface area contributed by atoms with Crippen molar-refractivity contribution in [3.63, 3.8) is 0 Å². The van der Waals surface area contributed by atoms with Gasteiger partial charge in [-0.15, -0.1) is 0 Å². The van der Waals surface area contributed by atoms with E-state index in [-0.39, 0.29) is 18.3 Å². The number of carbonyl (C=O) groups excluding carboxylic acids is 1. The van der Waals surface area contributed by atoms with Crippen molar-refractivity contribution >= 4 is 5.97 Å². The molecule has 1 fully saturated rings. The summed E-state index contributed by atoms with van der Waals surface area (Å²) in [5.74, 6) is -0.529. The number of ether oxygens (including phenoxy) is 1. The molecule has 14 heavy (non-hydrogen) atoms. The number of hydrogen-bond donors (Lipinski definition) is 1. The van der Waals surface area contributed by atoms with Crippen molar-refractivity contribution in [2.45, 2.75) is 39.0 Å². The number of carbonyl (C=O) groups is 1. The smallest absolute Gasteiger partial charge is 0.306 e. The average molecular weight is 203 g/mol. The molecule has 1 rings (SSSR count). The highest BCUT2D eigenvalue weighted by Crippen LogP contribution is 2.19. The molecule has 1 heterocycles. The van der Waals surface area contributed by atoms with Crippen LogP contribution in [0.3, 0.4) is 0 Å². The molecule has 4 heteroatoms. The van der Waals surface area contributed by atoms with Crippen LogP contribution in [0.15, 0.2) is 0 Å². The molecular weight excluding hydrogens is 185 g/mol. The second-order valence-electron chi connectivity index (χ2n) is 4.72. The molecule has 1 saturated heterocycles. The lowest BCUT2D eigenvalue weighted by atomic mass is 10.0. The van der Waals surface area contributed by atoms with Gasteiger partial charge in [-0.2, -0.15) is 0 Å². The summed E-state index contributed by atoms with van der Waals surface area (Å²) in [5, 5.41) is 2.91. The first-order valence-corrected chi connectivity index (χ1v) is 4.95. The molecule has 0 aliphatic carbocycles. The monoisotopic (exact) mass is 203 g/mol. The molecule has 1 aliphatic heterocycles. The summed E-state index contributed by atoms with van der Waals surface area (Å²) < 4.78 is 18.2. The molecule has 0 unspecified atom stereocenters. The van der Waals surface area contributed by atoms with Gasteiger partial charge in [0.05, 0.1) is 6.42 Å². The van der Waals surface area contributed by atoms with Gasteiger partial charge >= 0.3 is 5.97 Å². The summed E-state index contributed by atoms with van der Waals surface area (Å²) in [4.78, 5) is 11.3. The number of nitrogens with one attached hydrogen (secondary N) is 1. The van der Waals surface area contributed by atoms with Crippen LogP contribution in [0.4, 0.5) is 4.39 Å². The normalized spacial score (nSPS) is 27.7. The molecule has 3 nitrogen and oxygen atoms in total. The Morgan fingerprint density at radius 2 is 2.14 bits per heavy atom. The standard InChI is InChI=1S/C10H18FNO2/c1-10(2,3)14-9(13)4-7-5-12-6-8(7)11/h7-8,12H,4-6H2,1-3H3/t7-,8-/m1/s1. The van der Waals surface area contributed by atoms with E-state index >= 15 is 0 Å². The van der Waals surface area contributed by atoms with Gasteiger partial charge < -0.3 is 10.1 Å². The van der Waals surface area contributed by atoms with Gasteiger partial charge in [0, 0.05) is 19.0 Å². The molecule has 0 aromatic heterocycles.